The normalized spacial score (nSPS) is 10.9. The van der Waals surface area contributed by atoms with Crippen molar-refractivity contribution in [2.24, 2.45) is 0 Å². The molecule has 0 radical (unpaired) electrons. The Balaban J connectivity index is 2.02. The lowest BCUT2D eigenvalue weighted by Crippen LogP contribution is -2.25. The number of hydrogen-bond acceptors (Lipinski definition) is 4. The Morgan fingerprint density at radius 1 is 1.09 bits per heavy atom. The second kappa shape index (κ2) is 9.03. The molecule has 0 fully saturated rings. The van der Waals surface area contributed by atoms with Crippen LogP contribution in [-0.4, -0.2) is 35.5 Å². The van der Waals surface area contributed by atoms with Crippen molar-refractivity contribution >= 4 is 23.4 Å². The number of aromatic nitrogens is 1. The maximum Gasteiger partial charge on any atom is 0.129 e. The predicted octanol–water partition coefficient (Wildman–Crippen LogP) is 4.11. The second-order valence-electron chi connectivity index (χ2n) is 5.04. The third-order valence-electron chi connectivity index (χ3n) is 3.37. The number of ether oxygens (including phenoxy) is 1. The van der Waals surface area contributed by atoms with Gasteiger partial charge in [0.05, 0.1) is 7.11 Å². The van der Waals surface area contributed by atoms with E-state index >= 15 is 0 Å². The molecule has 0 atom stereocenters. The van der Waals surface area contributed by atoms with E-state index in [1.807, 2.05) is 42.2 Å². The van der Waals surface area contributed by atoms with E-state index < -0.39 is 0 Å². The van der Waals surface area contributed by atoms with Crippen LogP contribution in [0, 0.1) is 0 Å². The van der Waals surface area contributed by atoms with E-state index in [9.17, 15) is 0 Å². The lowest BCUT2D eigenvalue weighted by atomic mass is 10.2. The van der Waals surface area contributed by atoms with Crippen molar-refractivity contribution in [3.63, 3.8) is 0 Å². The van der Waals surface area contributed by atoms with Crippen LogP contribution in [0.25, 0.3) is 0 Å². The van der Waals surface area contributed by atoms with Gasteiger partial charge >= 0.3 is 0 Å². The van der Waals surface area contributed by atoms with Gasteiger partial charge in [-0.05, 0) is 35.6 Å². The minimum absolute atomic E-state index is 0.537. The fourth-order valence-electron chi connectivity index (χ4n) is 2.18. The molecule has 1 aromatic carbocycles. The fourth-order valence-corrected chi connectivity index (χ4v) is 2.73. The van der Waals surface area contributed by atoms with Gasteiger partial charge in [-0.25, -0.2) is 4.98 Å². The average molecular weight is 337 g/mol. The average Bonchev–Trinajstić information content (AvgIpc) is 2.55. The van der Waals surface area contributed by atoms with Gasteiger partial charge in [-0.3, -0.25) is 4.90 Å². The van der Waals surface area contributed by atoms with Gasteiger partial charge in [0.25, 0.3) is 0 Å². The summed E-state index contributed by atoms with van der Waals surface area (Å²) in [4.78, 5) is 6.58. The molecule has 0 bridgehead atoms. The number of halogens is 1. The number of hydrogen-bond donors (Lipinski definition) is 0. The molecular weight excluding hydrogens is 316 g/mol. The smallest absolute Gasteiger partial charge is 0.129 e. The van der Waals surface area contributed by atoms with Crippen LogP contribution in [0.15, 0.2) is 42.6 Å². The molecule has 0 saturated heterocycles. The summed E-state index contributed by atoms with van der Waals surface area (Å²) in [7, 11) is 1.69. The molecule has 2 aromatic rings. The molecule has 0 unspecified atom stereocenters. The quantitative estimate of drug-likeness (QED) is 0.677. The van der Waals surface area contributed by atoms with Crippen LogP contribution in [-0.2, 0) is 13.1 Å². The summed E-state index contributed by atoms with van der Waals surface area (Å²) in [6.07, 6.45) is 3.98. The standard InChI is InChI=1S/C17H21ClN2OS/c1-21-16-6-3-14(4-7-16)12-20(9-10-22-2)13-15-5-8-17(18)19-11-15/h3-8,11H,9-10,12-13H2,1-2H3. The van der Waals surface area contributed by atoms with Crippen molar-refractivity contribution in [3.05, 3.63) is 58.9 Å². The van der Waals surface area contributed by atoms with E-state index in [0.29, 0.717) is 5.15 Å². The zero-order valence-corrected chi connectivity index (χ0v) is 14.5. The van der Waals surface area contributed by atoms with E-state index in [4.69, 9.17) is 16.3 Å². The Kier molecular flexibility index (Phi) is 7.03. The van der Waals surface area contributed by atoms with E-state index in [2.05, 4.69) is 28.3 Å². The Labute approximate surface area is 141 Å². The molecule has 22 heavy (non-hydrogen) atoms. The van der Waals surface area contributed by atoms with Crippen LogP contribution >= 0.6 is 23.4 Å². The second-order valence-corrected chi connectivity index (χ2v) is 6.41. The maximum atomic E-state index is 5.85. The molecule has 118 valence electrons. The Morgan fingerprint density at radius 3 is 2.36 bits per heavy atom. The van der Waals surface area contributed by atoms with Crippen molar-refractivity contribution in [2.45, 2.75) is 13.1 Å². The first-order valence-electron chi connectivity index (χ1n) is 7.16. The molecule has 5 heteroatoms. The highest BCUT2D eigenvalue weighted by Crippen LogP contribution is 2.15. The molecule has 2 rings (SSSR count). The molecule has 0 spiro atoms. The SMILES string of the molecule is COc1ccc(CN(CCSC)Cc2ccc(Cl)nc2)cc1. The lowest BCUT2D eigenvalue weighted by molar-refractivity contribution is 0.273. The number of benzene rings is 1. The third-order valence-corrected chi connectivity index (χ3v) is 4.19. The monoisotopic (exact) mass is 336 g/mol. The van der Waals surface area contributed by atoms with Crippen molar-refractivity contribution in [1.29, 1.82) is 0 Å². The van der Waals surface area contributed by atoms with Crippen molar-refractivity contribution in [1.82, 2.24) is 9.88 Å². The minimum atomic E-state index is 0.537. The number of thioether (sulfide) groups is 1. The topological polar surface area (TPSA) is 25.4 Å². The molecule has 0 aliphatic heterocycles. The molecule has 1 aromatic heterocycles. The van der Waals surface area contributed by atoms with Crippen LogP contribution in [0.3, 0.4) is 0 Å². The van der Waals surface area contributed by atoms with E-state index in [-0.39, 0.29) is 0 Å². The maximum absolute atomic E-state index is 5.85. The summed E-state index contributed by atoms with van der Waals surface area (Å²) < 4.78 is 5.21. The Bertz CT molecular complexity index is 560. The first-order chi connectivity index (χ1) is 10.7. The Hall–Kier alpha value is -1.23. The van der Waals surface area contributed by atoms with Crippen LogP contribution in [0.1, 0.15) is 11.1 Å². The van der Waals surface area contributed by atoms with Crippen molar-refractivity contribution in [3.8, 4) is 5.75 Å². The fraction of sp³-hybridized carbons (Fsp3) is 0.353. The molecule has 1 heterocycles. The molecule has 0 aliphatic rings. The molecule has 0 N–H and O–H groups in total. The van der Waals surface area contributed by atoms with Crippen LogP contribution < -0.4 is 4.74 Å². The molecule has 3 nitrogen and oxygen atoms in total. The highest BCUT2D eigenvalue weighted by molar-refractivity contribution is 7.98. The molecular formula is C17H21ClN2OS. The number of methoxy groups -OCH3 is 1. The summed E-state index contributed by atoms with van der Waals surface area (Å²) >= 11 is 7.71. The van der Waals surface area contributed by atoms with Gasteiger partial charge < -0.3 is 4.74 Å². The van der Waals surface area contributed by atoms with Gasteiger partial charge in [0, 0.05) is 31.6 Å². The van der Waals surface area contributed by atoms with Crippen LogP contribution in [0.4, 0.5) is 0 Å². The lowest BCUT2D eigenvalue weighted by Gasteiger charge is -2.22. The van der Waals surface area contributed by atoms with Gasteiger partial charge in [0.15, 0.2) is 0 Å². The molecule has 0 amide bonds. The summed E-state index contributed by atoms with van der Waals surface area (Å²) in [5.74, 6) is 2.00. The highest BCUT2D eigenvalue weighted by atomic mass is 35.5. The van der Waals surface area contributed by atoms with E-state index in [0.717, 1.165) is 31.1 Å². The third kappa shape index (κ3) is 5.52. The predicted molar refractivity (Wildman–Crippen MR) is 94.7 cm³/mol. The van der Waals surface area contributed by atoms with Gasteiger partial charge in [-0.15, -0.1) is 0 Å². The van der Waals surface area contributed by atoms with E-state index in [1.165, 1.54) is 11.1 Å². The van der Waals surface area contributed by atoms with E-state index in [1.54, 1.807) is 7.11 Å². The summed E-state index contributed by atoms with van der Waals surface area (Å²) in [6.45, 7) is 2.82. The van der Waals surface area contributed by atoms with Crippen LogP contribution in [0.2, 0.25) is 5.15 Å². The van der Waals surface area contributed by atoms with Gasteiger partial charge in [-0.2, -0.15) is 11.8 Å². The van der Waals surface area contributed by atoms with Crippen molar-refractivity contribution < 1.29 is 4.74 Å². The van der Waals surface area contributed by atoms with Gasteiger partial charge in [0.2, 0.25) is 0 Å². The zero-order chi connectivity index (χ0) is 15.8. The zero-order valence-electron chi connectivity index (χ0n) is 13.0. The first kappa shape index (κ1) is 17.1. The van der Waals surface area contributed by atoms with Crippen molar-refractivity contribution in [2.75, 3.05) is 25.7 Å². The number of nitrogens with zero attached hydrogens (tertiary/aromatic N) is 2. The number of pyridine rings is 1. The Morgan fingerprint density at radius 2 is 1.77 bits per heavy atom. The van der Waals surface area contributed by atoms with Gasteiger partial charge in [-0.1, -0.05) is 29.8 Å². The summed E-state index contributed by atoms with van der Waals surface area (Å²) in [5.41, 5.74) is 2.46. The number of rotatable bonds is 8. The molecule has 0 saturated carbocycles. The van der Waals surface area contributed by atoms with Crippen LogP contribution in [0.5, 0.6) is 5.75 Å². The summed E-state index contributed by atoms with van der Waals surface area (Å²) in [6, 6.07) is 12.1. The minimum Gasteiger partial charge on any atom is -0.497 e. The first-order valence-corrected chi connectivity index (χ1v) is 8.93. The largest absolute Gasteiger partial charge is 0.497 e. The summed E-state index contributed by atoms with van der Waals surface area (Å²) in [5, 5.41) is 0.537. The highest BCUT2D eigenvalue weighted by Gasteiger charge is 2.08. The van der Waals surface area contributed by atoms with Gasteiger partial charge in [0.1, 0.15) is 10.9 Å². The molecule has 0 aliphatic carbocycles.